The normalized spacial score (nSPS) is 14.7. The molecule has 0 bridgehead atoms. The minimum atomic E-state index is 0.0307. The summed E-state index contributed by atoms with van der Waals surface area (Å²) in [5.74, 6) is 1.89. The van der Waals surface area contributed by atoms with Crippen molar-refractivity contribution in [3.63, 3.8) is 0 Å². The lowest BCUT2D eigenvalue weighted by Crippen LogP contribution is -2.44. The number of hydrogen-bond donors (Lipinski definition) is 1. The first-order valence-corrected chi connectivity index (χ1v) is 10.7. The molecule has 1 aromatic carbocycles. The smallest absolute Gasteiger partial charge is 0.248 e. The summed E-state index contributed by atoms with van der Waals surface area (Å²) >= 11 is 1.58. The van der Waals surface area contributed by atoms with Gasteiger partial charge in [0, 0.05) is 48.6 Å². The van der Waals surface area contributed by atoms with Crippen molar-refractivity contribution in [2.45, 2.75) is 31.7 Å². The topological polar surface area (TPSA) is 80.5 Å². The number of benzene rings is 1. The Balaban J connectivity index is 1.21. The molecule has 3 heterocycles. The van der Waals surface area contributed by atoms with Crippen molar-refractivity contribution in [1.82, 2.24) is 15.5 Å². The van der Waals surface area contributed by atoms with Crippen molar-refractivity contribution in [1.29, 1.82) is 0 Å². The van der Waals surface area contributed by atoms with Crippen LogP contribution in [0.5, 0.6) is 5.75 Å². The number of piperidine rings is 1. The van der Waals surface area contributed by atoms with Crippen LogP contribution in [0.2, 0.25) is 0 Å². The largest absolute Gasteiger partial charge is 0.497 e. The number of methoxy groups -OCH3 is 1. The first kappa shape index (κ1) is 19.4. The molecule has 1 fully saturated rings. The molecular weight excluding hydrogens is 388 g/mol. The van der Waals surface area contributed by atoms with Crippen LogP contribution in [0, 0.1) is 0 Å². The van der Waals surface area contributed by atoms with Crippen LogP contribution in [0.25, 0.3) is 11.5 Å². The van der Waals surface area contributed by atoms with Crippen LogP contribution >= 0.6 is 11.3 Å². The van der Waals surface area contributed by atoms with Crippen molar-refractivity contribution in [2.24, 2.45) is 0 Å². The van der Waals surface area contributed by atoms with Gasteiger partial charge >= 0.3 is 0 Å². The fourth-order valence-corrected chi connectivity index (χ4v) is 4.08. The number of ether oxygens (including phenoxy) is 1. The number of rotatable bonds is 7. The van der Waals surface area contributed by atoms with Crippen LogP contribution in [-0.2, 0) is 11.2 Å². The highest BCUT2D eigenvalue weighted by atomic mass is 32.1. The van der Waals surface area contributed by atoms with Gasteiger partial charge in [0.1, 0.15) is 5.75 Å². The Morgan fingerprint density at radius 1 is 1.24 bits per heavy atom. The molecule has 0 unspecified atom stereocenters. The number of anilines is 1. The van der Waals surface area contributed by atoms with E-state index in [4.69, 9.17) is 9.15 Å². The lowest BCUT2D eigenvalue weighted by atomic mass is 10.0. The number of nitrogens with one attached hydrogen (secondary N) is 1. The monoisotopic (exact) mass is 412 g/mol. The number of aryl methyl sites for hydroxylation is 1. The summed E-state index contributed by atoms with van der Waals surface area (Å²) in [4.78, 5) is 14.7. The molecule has 4 rings (SSSR count). The zero-order valence-corrected chi connectivity index (χ0v) is 17.2. The molecule has 1 saturated heterocycles. The van der Waals surface area contributed by atoms with Gasteiger partial charge in [-0.3, -0.25) is 4.79 Å². The van der Waals surface area contributed by atoms with Gasteiger partial charge in [0.05, 0.1) is 7.11 Å². The maximum Gasteiger partial charge on any atom is 0.248 e. The maximum atomic E-state index is 12.3. The van der Waals surface area contributed by atoms with Gasteiger partial charge in [-0.2, -0.15) is 11.3 Å². The second-order valence-electron chi connectivity index (χ2n) is 7.04. The molecule has 8 heteroatoms. The second-order valence-corrected chi connectivity index (χ2v) is 7.82. The SMILES string of the molecule is COc1ccc(N2CCC(NC(=O)CCc3nnc(-c4ccsc4)o3)CC2)cc1. The molecule has 1 N–H and O–H groups in total. The summed E-state index contributed by atoms with van der Waals surface area (Å²) in [5, 5.41) is 15.1. The number of hydrogen-bond acceptors (Lipinski definition) is 7. The Labute approximate surface area is 173 Å². The Morgan fingerprint density at radius 3 is 2.72 bits per heavy atom. The molecule has 152 valence electrons. The average molecular weight is 413 g/mol. The summed E-state index contributed by atoms with van der Waals surface area (Å²) in [6, 6.07) is 10.3. The van der Waals surface area contributed by atoms with Crippen LogP contribution in [0.15, 0.2) is 45.5 Å². The van der Waals surface area contributed by atoms with Crippen LogP contribution in [0.3, 0.4) is 0 Å². The molecule has 1 aliphatic rings. The number of carbonyl (C=O) groups is 1. The van der Waals surface area contributed by atoms with E-state index in [0.29, 0.717) is 24.6 Å². The molecular formula is C21H24N4O3S. The van der Waals surface area contributed by atoms with Gasteiger partial charge in [-0.15, -0.1) is 10.2 Å². The van der Waals surface area contributed by atoms with Crippen molar-refractivity contribution in [3.8, 4) is 17.2 Å². The van der Waals surface area contributed by atoms with Gasteiger partial charge in [-0.25, -0.2) is 0 Å². The molecule has 0 aliphatic carbocycles. The van der Waals surface area contributed by atoms with E-state index in [9.17, 15) is 4.79 Å². The number of thiophene rings is 1. The summed E-state index contributed by atoms with van der Waals surface area (Å²) < 4.78 is 10.8. The molecule has 2 aromatic heterocycles. The highest BCUT2D eigenvalue weighted by Gasteiger charge is 2.21. The molecule has 7 nitrogen and oxygen atoms in total. The Kier molecular flexibility index (Phi) is 6.09. The van der Waals surface area contributed by atoms with E-state index in [0.717, 1.165) is 37.2 Å². The molecule has 0 atom stereocenters. The predicted octanol–water partition coefficient (Wildman–Crippen LogP) is 3.52. The molecule has 3 aromatic rings. The molecule has 1 amide bonds. The van der Waals surface area contributed by atoms with E-state index < -0.39 is 0 Å². The third-order valence-electron chi connectivity index (χ3n) is 5.10. The van der Waals surface area contributed by atoms with Crippen molar-refractivity contribution >= 4 is 22.9 Å². The van der Waals surface area contributed by atoms with E-state index in [1.165, 1.54) is 5.69 Å². The quantitative estimate of drug-likeness (QED) is 0.640. The first-order valence-electron chi connectivity index (χ1n) is 9.74. The van der Waals surface area contributed by atoms with E-state index in [2.05, 4.69) is 32.5 Å². The Morgan fingerprint density at radius 2 is 2.03 bits per heavy atom. The van der Waals surface area contributed by atoms with Crippen LogP contribution in [0.4, 0.5) is 5.69 Å². The van der Waals surface area contributed by atoms with Gasteiger partial charge in [0.2, 0.25) is 17.7 Å². The standard InChI is InChI=1S/C21H24N4O3S/c1-27-18-4-2-17(3-5-18)25-11-8-16(9-12-25)22-19(26)6-7-20-23-24-21(28-20)15-10-13-29-14-15/h2-5,10,13-14,16H,6-9,11-12H2,1H3,(H,22,26). The van der Waals surface area contributed by atoms with Crippen LogP contribution in [0.1, 0.15) is 25.2 Å². The minimum Gasteiger partial charge on any atom is -0.497 e. The zero-order chi connectivity index (χ0) is 20.1. The summed E-state index contributed by atoms with van der Waals surface area (Å²) in [7, 11) is 1.67. The lowest BCUT2D eigenvalue weighted by molar-refractivity contribution is -0.122. The Bertz CT molecular complexity index is 916. The van der Waals surface area contributed by atoms with Crippen LogP contribution < -0.4 is 15.0 Å². The first-order chi connectivity index (χ1) is 14.2. The van der Waals surface area contributed by atoms with E-state index >= 15 is 0 Å². The highest BCUT2D eigenvalue weighted by molar-refractivity contribution is 7.08. The zero-order valence-electron chi connectivity index (χ0n) is 16.3. The lowest BCUT2D eigenvalue weighted by Gasteiger charge is -2.34. The maximum absolute atomic E-state index is 12.3. The number of carbonyl (C=O) groups excluding carboxylic acids is 1. The van der Waals surface area contributed by atoms with Crippen LogP contribution in [-0.4, -0.2) is 42.3 Å². The average Bonchev–Trinajstić information content (AvgIpc) is 3.45. The van der Waals surface area contributed by atoms with Crippen molar-refractivity contribution in [3.05, 3.63) is 47.0 Å². The minimum absolute atomic E-state index is 0.0307. The number of nitrogens with zero attached hydrogens (tertiary/aromatic N) is 3. The molecule has 0 radical (unpaired) electrons. The fourth-order valence-electron chi connectivity index (χ4n) is 3.45. The molecule has 1 aliphatic heterocycles. The van der Waals surface area contributed by atoms with Gasteiger partial charge < -0.3 is 19.4 Å². The van der Waals surface area contributed by atoms with E-state index in [1.54, 1.807) is 18.4 Å². The third kappa shape index (κ3) is 4.95. The summed E-state index contributed by atoms with van der Waals surface area (Å²) in [6.45, 7) is 1.84. The summed E-state index contributed by atoms with van der Waals surface area (Å²) in [5.41, 5.74) is 2.11. The van der Waals surface area contributed by atoms with Crippen molar-refractivity contribution < 1.29 is 13.9 Å². The fraction of sp³-hybridized carbons (Fsp3) is 0.381. The number of amides is 1. The number of aromatic nitrogens is 2. The molecule has 29 heavy (non-hydrogen) atoms. The second kappa shape index (κ2) is 9.09. The highest BCUT2D eigenvalue weighted by Crippen LogP contribution is 2.23. The van der Waals surface area contributed by atoms with Gasteiger partial charge in [0.25, 0.3) is 0 Å². The molecule has 0 spiro atoms. The van der Waals surface area contributed by atoms with Crippen molar-refractivity contribution in [2.75, 3.05) is 25.1 Å². The predicted molar refractivity (Wildman–Crippen MR) is 112 cm³/mol. The van der Waals surface area contributed by atoms with Gasteiger partial charge in [-0.05, 0) is 48.6 Å². The van der Waals surface area contributed by atoms with E-state index in [-0.39, 0.29) is 11.9 Å². The third-order valence-corrected chi connectivity index (χ3v) is 5.78. The Hall–Kier alpha value is -2.87. The van der Waals surface area contributed by atoms with Gasteiger partial charge in [-0.1, -0.05) is 0 Å². The molecule has 0 saturated carbocycles. The van der Waals surface area contributed by atoms with Gasteiger partial charge in [0.15, 0.2) is 0 Å². The van der Waals surface area contributed by atoms with E-state index in [1.807, 2.05) is 29.0 Å². The summed E-state index contributed by atoms with van der Waals surface area (Å²) in [6.07, 6.45) is 2.67.